The Labute approximate surface area is 214 Å². The molecule has 202 valence electrons. The fraction of sp³-hybridized carbons (Fsp3) is 0.739. The number of aryl methyl sites for hydroxylation is 1. The summed E-state index contributed by atoms with van der Waals surface area (Å²) in [5.74, 6) is 1.08. The molecule has 5 rings (SSSR count). The maximum Gasteiger partial charge on any atom is 0.227 e. The summed E-state index contributed by atoms with van der Waals surface area (Å²) in [5.41, 5.74) is 1.06. The summed E-state index contributed by atoms with van der Waals surface area (Å²) in [6.45, 7) is 9.57. The minimum Gasteiger partial charge on any atom is -0.391 e. The van der Waals surface area contributed by atoms with Gasteiger partial charge in [0.15, 0.2) is 29.3 Å². The number of nitrogens with zero attached hydrogens (tertiary/aromatic N) is 8. The molecule has 1 aliphatic carbocycles. The first-order valence-corrected chi connectivity index (χ1v) is 12.9. The molecule has 1 saturated heterocycles. The minimum atomic E-state index is -1.28. The van der Waals surface area contributed by atoms with Crippen LogP contribution in [0.4, 0.5) is 11.8 Å². The quantitative estimate of drug-likeness (QED) is 0.287. The molecule has 14 heteroatoms. The van der Waals surface area contributed by atoms with E-state index in [4.69, 9.17) is 4.74 Å². The number of tetrazole rings is 1. The first kappa shape index (κ1) is 25.7. The molecule has 4 heterocycles. The van der Waals surface area contributed by atoms with E-state index < -0.39 is 30.6 Å². The molecule has 2 aliphatic rings. The van der Waals surface area contributed by atoms with Crippen LogP contribution in [0.15, 0.2) is 6.33 Å². The molecule has 37 heavy (non-hydrogen) atoms. The van der Waals surface area contributed by atoms with Gasteiger partial charge in [0.2, 0.25) is 11.8 Å². The maximum atomic E-state index is 10.9. The Morgan fingerprint density at radius 2 is 1.95 bits per heavy atom. The van der Waals surface area contributed by atoms with E-state index in [-0.39, 0.29) is 17.3 Å². The van der Waals surface area contributed by atoms with E-state index in [9.17, 15) is 15.3 Å². The first-order valence-electron chi connectivity index (χ1n) is 12.9. The number of fused-ring (bicyclic) bond motifs is 1. The molecule has 0 aromatic carbocycles. The van der Waals surface area contributed by atoms with Crippen molar-refractivity contribution < 1.29 is 20.1 Å². The van der Waals surface area contributed by atoms with Crippen LogP contribution in [-0.4, -0.2) is 85.9 Å². The van der Waals surface area contributed by atoms with Crippen molar-refractivity contribution in [2.45, 2.75) is 96.6 Å². The molecule has 1 saturated carbocycles. The lowest BCUT2D eigenvalue weighted by atomic mass is 9.92. The predicted molar refractivity (Wildman–Crippen MR) is 134 cm³/mol. The van der Waals surface area contributed by atoms with Crippen LogP contribution in [0.5, 0.6) is 0 Å². The van der Waals surface area contributed by atoms with Gasteiger partial charge >= 0.3 is 0 Å². The van der Waals surface area contributed by atoms with Gasteiger partial charge in [-0.05, 0) is 43.2 Å². The number of imidazole rings is 1. The van der Waals surface area contributed by atoms with Crippen molar-refractivity contribution in [2.75, 3.05) is 17.2 Å². The van der Waals surface area contributed by atoms with Crippen LogP contribution in [-0.2, 0) is 11.3 Å². The molecule has 5 N–H and O–H groups in total. The maximum absolute atomic E-state index is 10.9. The van der Waals surface area contributed by atoms with Gasteiger partial charge in [0.25, 0.3) is 0 Å². The van der Waals surface area contributed by atoms with E-state index in [1.165, 1.54) is 11.1 Å². The topological polar surface area (TPSA) is 181 Å². The number of rotatable bonds is 8. The van der Waals surface area contributed by atoms with E-state index in [2.05, 4.69) is 61.8 Å². The molecule has 1 unspecified atom stereocenters. The van der Waals surface area contributed by atoms with Crippen molar-refractivity contribution in [1.29, 1.82) is 0 Å². The average molecular weight is 517 g/mol. The number of aromatic nitrogens is 8. The van der Waals surface area contributed by atoms with Crippen LogP contribution in [0.25, 0.3) is 11.2 Å². The third-order valence-corrected chi connectivity index (χ3v) is 6.90. The average Bonchev–Trinajstić information content (AvgIpc) is 3.62. The smallest absolute Gasteiger partial charge is 0.227 e. The standard InChI is InChI=1S/C23H36N10O4/c1-5-33-30-19(29-31-33)17-15(35)16(36)21(37-17)32-11-25-14-18(24-10-9-23(2,3)4)27-22(28-20(14)32)26-12-7-6-8-13(12)34/h11-13,15-17,21,34-36H,5-10H2,1-4H3,(H2,24,26,27,28)/t12?,13-,15+,16-,17+,21-/m1/s1. The van der Waals surface area contributed by atoms with Crippen molar-refractivity contribution in [1.82, 2.24) is 39.7 Å². The summed E-state index contributed by atoms with van der Waals surface area (Å²) in [4.78, 5) is 15.2. The van der Waals surface area contributed by atoms with Crippen molar-refractivity contribution in [3.63, 3.8) is 0 Å². The highest BCUT2D eigenvalue weighted by molar-refractivity contribution is 5.84. The van der Waals surface area contributed by atoms with Crippen LogP contribution in [0.1, 0.15) is 71.5 Å². The van der Waals surface area contributed by atoms with E-state index in [1.807, 2.05) is 6.92 Å². The number of aliphatic hydroxyl groups is 3. The Balaban J connectivity index is 1.47. The summed E-state index contributed by atoms with van der Waals surface area (Å²) in [5, 5.41) is 50.7. The molecular weight excluding hydrogens is 480 g/mol. The fourth-order valence-corrected chi connectivity index (χ4v) is 4.73. The van der Waals surface area contributed by atoms with Crippen molar-refractivity contribution >= 4 is 22.9 Å². The van der Waals surface area contributed by atoms with Gasteiger partial charge in [-0.3, -0.25) is 4.57 Å². The van der Waals surface area contributed by atoms with Crippen molar-refractivity contribution in [3.8, 4) is 0 Å². The second-order valence-electron chi connectivity index (χ2n) is 11.0. The van der Waals surface area contributed by atoms with Gasteiger partial charge in [0, 0.05) is 6.54 Å². The highest BCUT2D eigenvalue weighted by Crippen LogP contribution is 2.39. The summed E-state index contributed by atoms with van der Waals surface area (Å²) >= 11 is 0. The Hall–Kier alpha value is -2.94. The normalized spacial score (nSPS) is 28.3. The highest BCUT2D eigenvalue weighted by atomic mass is 16.6. The Kier molecular flexibility index (Phi) is 7.00. The largest absolute Gasteiger partial charge is 0.391 e. The molecule has 14 nitrogen and oxygen atoms in total. The Morgan fingerprint density at radius 3 is 2.62 bits per heavy atom. The summed E-state index contributed by atoms with van der Waals surface area (Å²) < 4.78 is 7.63. The summed E-state index contributed by atoms with van der Waals surface area (Å²) in [6.07, 6.45) is -0.0728. The third-order valence-electron chi connectivity index (χ3n) is 6.90. The van der Waals surface area contributed by atoms with Gasteiger partial charge in [-0.2, -0.15) is 14.8 Å². The molecule has 0 amide bonds. The molecule has 3 aromatic heterocycles. The molecular formula is C23H36N10O4. The van der Waals surface area contributed by atoms with Crippen LogP contribution in [0, 0.1) is 5.41 Å². The highest BCUT2D eigenvalue weighted by Gasteiger charge is 2.47. The molecule has 3 aromatic rings. The molecule has 6 atom stereocenters. The van der Waals surface area contributed by atoms with E-state index >= 15 is 0 Å². The molecule has 0 radical (unpaired) electrons. The van der Waals surface area contributed by atoms with Gasteiger partial charge in [0.1, 0.15) is 12.2 Å². The van der Waals surface area contributed by atoms with E-state index in [0.29, 0.717) is 36.0 Å². The van der Waals surface area contributed by atoms with Crippen LogP contribution in [0.3, 0.4) is 0 Å². The number of ether oxygens (including phenoxy) is 1. The van der Waals surface area contributed by atoms with Gasteiger partial charge < -0.3 is 30.7 Å². The molecule has 0 bridgehead atoms. The zero-order chi connectivity index (χ0) is 26.3. The van der Waals surface area contributed by atoms with Gasteiger partial charge in [0.05, 0.1) is 25.0 Å². The monoisotopic (exact) mass is 516 g/mol. The van der Waals surface area contributed by atoms with Crippen LogP contribution >= 0.6 is 0 Å². The number of aliphatic hydroxyl groups excluding tert-OH is 3. The summed E-state index contributed by atoms with van der Waals surface area (Å²) in [6, 6.07) is -0.150. The molecule has 0 spiro atoms. The lowest BCUT2D eigenvalue weighted by Crippen LogP contribution is -2.30. The second kappa shape index (κ2) is 10.1. The van der Waals surface area contributed by atoms with E-state index in [0.717, 1.165) is 25.7 Å². The lowest BCUT2D eigenvalue weighted by molar-refractivity contribution is -0.0384. The van der Waals surface area contributed by atoms with Gasteiger partial charge in [-0.25, -0.2) is 4.98 Å². The summed E-state index contributed by atoms with van der Waals surface area (Å²) in [7, 11) is 0. The molecule has 2 fully saturated rings. The zero-order valence-corrected chi connectivity index (χ0v) is 21.6. The number of hydrogen-bond donors (Lipinski definition) is 5. The second-order valence-corrected chi connectivity index (χ2v) is 11.0. The van der Waals surface area contributed by atoms with Crippen molar-refractivity contribution in [3.05, 3.63) is 12.2 Å². The van der Waals surface area contributed by atoms with Gasteiger partial charge in [-0.15, -0.1) is 10.2 Å². The van der Waals surface area contributed by atoms with Crippen molar-refractivity contribution in [2.24, 2.45) is 5.41 Å². The first-order chi connectivity index (χ1) is 17.6. The zero-order valence-electron chi connectivity index (χ0n) is 21.6. The third kappa shape index (κ3) is 5.23. The Morgan fingerprint density at radius 1 is 1.14 bits per heavy atom. The SMILES string of the molecule is CCn1nnc([C@H]2O[C@@H](n3cnc4c(NCCC(C)(C)C)nc(NC5CCC[C@H]5O)nc43)[C@H](O)[C@@H]2O)n1. The molecule has 1 aliphatic heterocycles. The van der Waals surface area contributed by atoms with Gasteiger partial charge in [-0.1, -0.05) is 20.8 Å². The Bertz CT molecular complexity index is 1220. The number of hydrogen-bond acceptors (Lipinski definition) is 12. The van der Waals surface area contributed by atoms with Crippen LogP contribution < -0.4 is 10.6 Å². The lowest BCUT2D eigenvalue weighted by Gasteiger charge is -2.20. The number of anilines is 2. The van der Waals surface area contributed by atoms with E-state index in [1.54, 1.807) is 4.57 Å². The predicted octanol–water partition coefficient (Wildman–Crippen LogP) is 0.998. The number of nitrogens with one attached hydrogen (secondary N) is 2. The minimum absolute atomic E-state index is 0.133. The fourth-order valence-electron chi connectivity index (χ4n) is 4.73. The van der Waals surface area contributed by atoms with Crippen LogP contribution in [0.2, 0.25) is 0 Å².